The summed E-state index contributed by atoms with van der Waals surface area (Å²) in [6.45, 7) is 0.169. The van der Waals surface area contributed by atoms with Gasteiger partial charge in [-0.15, -0.1) is 11.3 Å². The molecule has 0 aliphatic heterocycles. The van der Waals surface area contributed by atoms with Gasteiger partial charge < -0.3 is 5.32 Å². The average Bonchev–Trinajstić information content (AvgIpc) is 3.23. The van der Waals surface area contributed by atoms with E-state index < -0.39 is 17.1 Å². The topological polar surface area (TPSA) is 73.1 Å². The third-order valence-corrected chi connectivity index (χ3v) is 5.88. The Balaban J connectivity index is 1.61. The zero-order valence-electron chi connectivity index (χ0n) is 16.2. The molecule has 2 heterocycles. The number of carbonyl (C=O) groups excluding carboxylic acids is 1. The van der Waals surface area contributed by atoms with Crippen LogP contribution in [0, 0.1) is 5.82 Å². The van der Waals surface area contributed by atoms with E-state index in [-0.39, 0.29) is 25.4 Å². The Morgan fingerprint density at radius 3 is 2.58 bits per heavy atom. The summed E-state index contributed by atoms with van der Waals surface area (Å²) in [4.78, 5) is 38.2. The fraction of sp³-hybridized carbons (Fsp3) is 0.136. The molecular weight excluding hydrogens is 441 g/mol. The van der Waals surface area contributed by atoms with E-state index in [1.54, 1.807) is 29.6 Å². The van der Waals surface area contributed by atoms with Gasteiger partial charge in [0.15, 0.2) is 0 Å². The van der Waals surface area contributed by atoms with Crippen LogP contribution in [0.15, 0.2) is 69.6 Å². The first-order valence-electron chi connectivity index (χ1n) is 9.43. The number of anilines is 1. The van der Waals surface area contributed by atoms with Crippen molar-refractivity contribution in [1.29, 1.82) is 0 Å². The smallest absolute Gasteiger partial charge is 0.326 e. The van der Waals surface area contributed by atoms with Crippen LogP contribution in [0.25, 0.3) is 10.2 Å². The van der Waals surface area contributed by atoms with Crippen molar-refractivity contribution < 1.29 is 9.18 Å². The summed E-state index contributed by atoms with van der Waals surface area (Å²) in [5, 5.41) is 4.94. The van der Waals surface area contributed by atoms with Crippen molar-refractivity contribution in [3.05, 3.63) is 97.2 Å². The first kappa shape index (κ1) is 21.0. The van der Waals surface area contributed by atoms with E-state index >= 15 is 0 Å². The maximum Gasteiger partial charge on any atom is 0.331 e. The fourth-order valence-corrected chi connectivity index (χ4v) is 4.33. The van der Waals surface area contributed by atoms with Gasteiger partial charge in [0.2, 0.25) is 5.91 Å². The van der Waals surface area contributed by atoms with E-state index in [9.17, 15) is 18.8 Å². The van der Waals surface area contributed by atoms with Crippen LogP contribution in [0.5, 0.6) is 0 Å². The Hall–Kier alpha value is -3.23. The molecule has 158 valence electrons. The second kappa shape index (κ2) is 8.87. The summed E-state index contributed by atoms with van der Waals surface area (Å²) in [6.07, 6.45) is -0.0828. The number of nitrogens with one attached hydrogen (secondary N) is 1. The van der Waals surface area contributed by atoms with E-state index in [1.807, 2.05) is 6.07 Å². The predicted molar refractivity (Wildman–Crippen MR) is 121 cm³/mol. The molecule has 9 heteroatoms. The summed E-state index contributed by atoms with van der Waals surface area (Å²) < 4.78 is 16.0. The Labute approximate surface area is 185 Å². The molecule has 1 N–H and O–H groups in total. The highest BCUT2D eigenvalue weighted by Crippen LogP contribution is 2.18. The monoisotopic (exact) mass is 457 g/mol. The molecule has 6 nitrogen and oxygen atoms in total. The number of amides is 1. The lowest BCUT2D eigenvalue weighted by molar-refractivity contribution is -0.116. The molecule has 4 aromatic rings. The van der Waals surface area contributed by atoms with Crippen LogP contribution in [-0.2, 0) is 17.9 Å². The lowest BCUT2D eigenvalue weighted by Gasteiger charge is -2.12. The molecule has 2 aromatic heterocycles. The molecule has 1 amide bonds. The van der Waals surface area contributed by atoms with Gasteiger partial charge in [-0.1, -0.05) is 23.7 Å². The Morgan fingerprint density at radius 1 is 1.06 bits per heavy atom. The van der Waals surface area contributed by atoms with Crippen LogP contribution in [0.4, 0.5) is 10.1 Å². The standard InChI is InChI=1S/C22H17ClFN3O3S/c23-15-3-1-2-14(12-15)13-27-18-9-11-31-20(18)21(29)26(22(27)30)10-8-19(28)25-17-6-4-16(24)5-7-17/h1-7,9,11-12H,8,10,13H2,(H,25,28). The van der Waals surface area contributed by atoms with Crippen molar-refractivity contribution >= 4 is 44.7 Å². The van der Waals surface area contributed by atoms with Crippen LogP contribution < -0.4 is 16.6 Å². The quantitative estimate of drug-likeness (QED) is 0.474. The molecule has 0 radical (unpaired) electrons. The maximum atomic E-state index is 13.1. The van der Waals surface area contributed by atoms with E-state index in [4.69, 9.17) is 11.6 Å². The first-order chi connectivity index (χ1) is 14.9. The molecule has 0 bridgehead atoms. The number of thiophene rings is 1. The fourth-order valence-electron chi connectivity index (χ4n) is 3.27. The Kier molecular flexibility index (Phi) is 6.01. The van der Waals surface area contributed by atoms with Gasteiger partial charge in [-0.2, -0.15) is 0 Å². The molecule has 31 heavy (non-hydrogen) atoms. The number of aromatic nitrogens is 2. The van der Waals surface area contributed by atoms with Gasteiger partial charge in [-0.05, 0) is 53.4 Å². The van der Waals surface area contributed by atoms with Crippen molar-refractivity contribution in [2.45, 2.75) is 19.5 Å². The molecule has 0 aliphatic rings. The third-order valence-electron chi connectivity index (χ3n) is 4.76. The minimum absolute atomic E-state index is 0.0753. The number of nitrogens with zero attached hydrogens (tertiary/aromatic N) is 2. The normalized spacial score (nSPS) is 11.0. The highest BCUT2D eigenvalue weighted by atomic mass is 35.5. The van der Waals surface area contributed by atoms with E-state index in [1.165, 1.54) is 40.2 Å². The largest absolute Gasteiger partial charge is 0.331 e. The minimum atomic E-state index is -0.495. The van der Waals surface area contributed by atoms with Crippen molar-refractivity contribution in [2.75, 3.05) is 5.32 Å². The average molecular weight is 458 g/mol. The zero-order valence-corrected chi connectivity index (χ0v) is 17.8. The predicted octanol–water partition coefficient (Wildman–Crippen LogP) is 4.09. The summed E-state index contributed by atoms with van der Waals surface area (Å²) in [6, 6.07) is 14.2. The summed E-state index contributed by atoms with van der Waals surface area (Å²) in [5.41, 5.74) is 0.886. The lowest BCUT2D eigenvalue weighted by atomic mass is 10.2. The van der Waals surface area contributed by atoms with E-state index in [0.29, 0.717) is 20.9 Å². The Bertz CT molecular complexity index is 1380. The van der Waals surface area contributed by atoms with Crippen molar-refractivity contribution in [2.24, 2.45) is 0 Å². The lowest BCUT2D eigenvalue weighted by Crippen LogP contribution is -2.40. The van der Waals surface area contributed by atoms with Crippen molar-refractivity contribution in [3.63, 3.8) is 0 Å². The number of fused-ring (bicyclic) bond motifs is 1. The van der Waals surface area contributed by atoms with Crippen LogP contribution in [-0.4, -0.2) is 15.0 Å². The zero-order chi connectivity index (χ0) is 22.0. The molecule has 2 aromatic carbocycles. The number of halogens is 2. The van der Waals surface area contributed by atoms with Crippen LogP contribution >= 0.6 is 22.9 Å². The second-order valence-electron chi connectivity index (χ2n) is 6.90. The SMILES string of the molecule is O=C(CCn1c(=O)c2sccc2n(Cc2cccc(Cl)c2)c1=O)Nc1ccc(F)cc1. The van der Waals surface area contributed by atoms with Gasteiger partial charge in [0.25, 0.3) is 5.56 Å². The first-order valence-corrected chi connectivity index (χ1v) is 10.7. The molecular formula is C22H17ClFN3O3S. The number of hydrogen-bond acceptors (Lipinski definition) is 4. The van der Waals surface area contributed by atoms with Crippen molar-refractivity contribution in [1.82, 2.24) is 9.13 Å². The molecule has 0 spiro atoms. The molecule has 0 unspecified atom stereocenters. The van der Waals surface area contributed by atoms with Gasteiger partial charge in [0.1, 0.15) is 10.5 Å². The van der Waals surface area contributed by atoms with Crippen molar-refractivity contribution in [3.8, 4) is 0 Å². The third kappa shape index (κ3) is 4.60. The van der Waals surface area contributed by atoms with Crippen LogP contribution in [0.3, 0.4) is 0 Å². The molecule has 0 aliphatic carbocycles. The van der Waals surface area contributed by atoms with Gasteiger partial charge in [-0.3, -0.25) is 18.7 Å². The molecule has 4 rings (SSSR count). The van der Waals surface area contributed by atoms with Gasteiger partial charge in [0, 0.05) is 23.7 Å². The van der Waals surface area contributed by atoms with Gasteiger partial charge >= 0.3 is 5.69 Å². The Morgan fingerprint density at radius 2 is 1.84 bits per heavy atom. The summed E-state index contributed by atoms with van der Waals surface area (Å²) in [7, 11) is 0. The van der Waals surface area contributed by atoms with Crippen LogP contribution in [0.1, 0.15) is 12.0 Å². The van der Waals surface area contributed by atoms with E-state index in [2.05, 4.69) is 5.32 Å². The number of benzene rings is 2. The maximum absolute atomic E-state index is 13.1. The number of carbonyl (C=O) groups is 1. The summed E-state index contributed by atoms with van der Waals surface area (Å²) >= 11 is 7.31. The van der Waals surface area contributed by atoms with Gasteiger partial charge in [0.05, 0.1) is 12.1 Å². The molecule has 0 saturated heterocycles. The highest BCUT2D eigenvalue weighted by Gasteiger charge is 2.16. The summed E-state index contributed by atoms with van der Waals surface area (Å²) in [5.74, 6) is -0.792. The molecule has 0 saturated carbocycles. The number of rotatable bonds is 6. The minimum Gasteiger partial charge on any atom is -0.326 e. The number of hydrogen-bond donors (Lipinski definition) is 1. The second-order valence-corrected chi connectivity index (χ2v) is 8.25. The molecule has 0 atom stereocenters. The molecule has 0 fully saturated rings. The highest BCUT2D eigenvalue weighted by molar-refractivity contribution is 7.17. The van der Waals surface area contributed by atoms with E-state index in [0.717, 1.165) is 10.1 Å². The van der Waals surface area contributed by atoms with Gasteiger partial charge in [-0.25, -0.2) is 9.18 Å². The van der Waals surface area contributed by atoms with Crippen LogP contribution in [0.2, 0.25) is 5.02 Å².